The van der Waals surface area contributed by atoms with E-state index in [0.717, 1.165) is 10.9 Å². The molecule has 27 heavy (non-hydrogen) atoms. The van der Waals surface area contributed by atoms with Crippen molar-refractivity contribution in [3.05, 3.63) is 58.1 Å². The van der Waals surface area contributed by atoms with E-state index in [4.69, 9.17) is 9.15 Å². The normalized spacial score (nSPS) is 10.8. The van der Waals surface area contributed by atoms with Crippen LogP contribution >= 0.6 is 0 Å². The minimum absolute atomic E-state index is 0.00218. The molecular formula is C18H16FN3O5. The van der Waals surface area contributed by atoms with E-state index < -0.39 is 23.3 Å². The van der Waals surface area contributed by atoms with Crippen LogP contribution in [0.4, 0.5) is 10.1 Å². The topological polar surface area (TPSA) is 103 Å². The molecule has 1 amide bonds. The van der Waals surface area contributed by atoms with Crippen molar-refractivity contribution in [3.63, 3.8) is 0 Å². The fourth-order valence-corrected chi connectivity index (χ4v) is 2.59. The van der Waals surface area contributed by atoms with Crippen molar-refractivity contribution in [1.82, 2.24) is 9.55 Å². The number of ether oxygens (including phenoxy) is 1. The van der Waals surface area contributed by atoms with Crippen LogP contribution in [0.1, 0.15) is 23.0 Å². The molecule has 2 aromatic heterocycles. The maximum atomic E-state index is 12.9. The van der Waals surface area contributed by atoms with E-state index in [1.54, 1.807) is 6.92 Å². The first kappa shape index (κ1) is 18.3. The van der Waals surface area contributed by atoms with E-state index in [9.17, 15) is 18.8 Å². The van der Waals surface area contributed by atoms with Gasteiger partial charge in [-0.1, -0.05) is 0 Å². The van der Waals surface area contributed by atoms with Gasteiger partial charge < -0.3 is 14.5 Å². The highest BCUT2D eigenvalue weighted by molar-refractivity contribution is 6.03. The molecule has 1 aromatic carbocycles. The molecule has 8 nitrogen and oxygen atoms in total. The maximum Gasteiger partial charge on any atom is 0.342 e. The van der Waals surface area contributed by atoms with Crippen LogP contribution in [-0.4, -0.2) is 28.0 Å². The highest BCUT2D eigenvalue weighted by atomic mass is 19.1. The lowest BCUT2D eigenvalue weighted by molar-refractivity contribution is -0.116. The second kappa shape index (κ2) is 7.40. The molecule has 1 N–H and O–H groups in total. The fourth-order valence-electron chi connectivity index (χ4n) is 2.59. The van der Waals surface area contributed by atoms with Gasteiger partial charge in [-0.25, -0.2) is 14.2 Å². The number of fused-ring (bicyclic) bond motifs is 1. The van der Waals surface area contributed by atoms with Crippen molar-refractivity contribution in [1.29, 1.82) is 0 Å². The number of aromatic nitrogens is 2. The number of carbonyl (C=O) groups is 2. The van der Waals surface area contributed by atoms with Crippen LogP contribution in [0.2, 0.25) is 0 Å². The number of aryl methyl sites for hydroxylation is 1. The van der Waals surface area contributed by atoms with E-state index in [1.807, 2.05) is 0 Å². The van der Waals surface area contributed by atoms with Crippen molar-refractivity contribution in [2.75, 3.05) is 11.9 Å². The number of nitrogens with zero attached hydrogens (tertiary/aromatic N) is 2. The molecule has 0 radical (unpaired) electrons. The molecule has 3 rings (SSSR count). The zero-order valence-electron chi connectivity index (χ0n) is 14.6. The quantitative estimate of drug-likeness (QED) is 0.688. The van der Waals surface area contributed by atoms with Gasteiger partial charge in [-0.05, 0) is 38.1 Å². The Kier molecular flexibility index (Phi) is 5.02. The molecule has 0 spiro atoms. The summed E-state index contributed by atoms with van der Waals surface area (Å²) in [5.74, 6) is -1.42. The number of benzene rings is 1. The van der Waals surface area contributed by atoms with Gasteiger partial charge in [0.1, 0.15) is 35.4 Å². The first-order valence-electron chi connectivity index (χ1n) is 8.11. The molecule has 0 aliphatic heterocycles. The molecule has 140 valence electrons. The van der Waals surface area contributed by atoms with Crippen molar-refractivity contribution in [3.8, 4) is 0 Å². The second-order valence-electron chi connectivity index (χ2n) is 5.67. The summed E-state index contributed by atoms with van der Waals surface area (Å²) in [5, 5.41) is 2.51. The number of furan rings is 1. The summed E-state index contributed by atoms with van der Waals surface area (Å²) in [5.41, 5.74) is -0.225. The summed E-state index contributed by atoms with van der Waals surface area (Å²) < 4.78 is 24.3. The summed E-state index contributed by atoms with van der Waals surface area (Å²) in [6.07, 6.45) is 1.16. The number of hydrogen-bond donors (Lipinski definition) is 1. The standard InChI is InChI=1S/C18H16FN3O5/c1-3-26-18(25)14-10(2)27-16-15(14)17(24)22(9-20-16)8-13(23)21-12-6-4-11(19)5-7-12/h4-7,9H,3,8H2,1-2H3,(H,21,23). The summed E-state index contributed by atoms with van der Waals surface area (Å²) >= 11 is 0. The molecular weight excluding hydrogens is 357 g/mol. The SMILES string of the molecule is CCOC(=O)c1c(C)oc2ncn(CC(=O)Nc3ccc(F)cc3)c(=O)c12. The lowest BCUT2D eigenvalue weighted by atomic mass is 10.2. The van der Waals surface area contributed by atoms with Gasteiger partial charge in [-0.15, -0.1) is 0 Å². The Bertz CT molecular complexity index is 1070. The molecule has 0 atom stereocenters. The van der Waals surface area contributed by atoms with Crippen molar-refractivity contribution in [2.24, 2.45) is 0 Å². The first-order chi connectivity index (χ1) is 12.9. The van der Waals surface area contributed by atoms with Gasteiger partial charge in [0.2, 0.25) is 11.6 Å². The van der Waals surface area contributed by atoms with E-state index in [1.165, 1.54) is 31.2 Å². The smallest absolute Gasteiger partial charge is 0.342 e. The van der Waals surface area contributed by atoms with Crippen molar-refractivity contribution >= 4 is 28.7 Å². The first-order valence-corrected chi connectivity index (χ1v) is 8.11. The number of rotatable bonds is 5. The Morgan fingerprint density at radius 1 is 1.30 bits per heavy atom. The van der Waals surface area contributed by atoms with Gasteiger partial charge in [-0.3, -0.25) is 14.2 Å². The monoisotopic (exact) mass is 373 g/mol. The zero-order chi connectivity index (χ0) is 19.6. The van der Waals surface area contributed by atoms with E-state index >= 15 is 0 Å². The molecule has 0 aliphatic rings. The molecule has 0 saturated carbocycles. The molecule has 0 saturated heterocycles. The van der Waals surface area contributed by atoms with Crippen LogP contribution in [0.5, 0.6) is 0 Å². The molecule has 2 heterocycles. The molecule has 0 unspecified atom stereocenters. The Hall–Kier alpha value is -3.49. The van der Waals surface area contributed by atoms with E-state index in [2.05, 4.69) is 10.3 Å². The van der Waals surface area contributed by atoms with Crippen molar-refractivity contribution < 1.29 is 23.1 Å². The van der Waals surface area contributed by atoms with Gasteiger partial charge in [0.15, 0.2) is 0 Å². The Morgan fingerprint density at radius 3 is 2.67 bits per heavy atom. The Morgan fingerprint density at radius 2 is 2.00 bits per heavy atom. The average molecular weight is 373 g/mol. The van der Waals surface area contributed by atoms with Gasteiger partial charge in [0.05, 0.1) is 6.61 Å². The third-order valence-electron chi connectivity index (χ3n) is 3.78. The van der Waals surface area contributed by atoms with Crippen LogP contribution in [0, 0.1) is 12.7 Å². The number of carbonyl (C=O) groups excluding carboxylic acids is 2. The predicted molar refractivity (Wildman–Crippen MR) is 94.0 cm³/mol. The van der Waals surface area contributed by atoms with Crippen LogP contribution in [0.15, 0.2) is 39.8 Å². The number of nitrogens with one attached hydrogen (secondary N) is 1. The third-order valence-corrected chi connectivity index (χ3v) is 3.78. The summed E-state index contributed by atoms with van der Waals surface area (Å²) in [6.45, 7) is 2.97. The van der Waals surface area contributed by atoms with Crippen LogP contribution in [0.25, 0.3) is 11.1 Å². The third kappa shape index (κ3) is 3.71. The Balaban J connectivity index is 1.91. The van der Waals surface area contributed by atoms with Crippen LogP contribution in [-0.2, 0) is 16.1 Å². The number of esters is 1. The minimum atomic E-state index is -0.693. The molecule has 9 heteroatoms. The van der Waals surface area contributed by atoms with Gasteiger partial charge in [0.25, 0.3) is 5.56 Å². The number of halogens is 1. The average Bonchev–Trinajstić information content (AvgIpc) is 2.96. The lowest BCUT2D eigenvalue weighted by Crippen LogP contribution is -2.28. The summed E-state index contributed by atoms with van der Waals surface area (Å²) in [6, 6.07) is 5.20. The van der Waals surface area contributed by atoms with Crippen LogP contribution < -0.4 is 10.9 Å². The fraction of sp³-hybridized carbons (Fsp3) is 0.222. The number of amides is 1. The second-order valence-corrected chi connectivity index (χ2v) is 5.67. The highest BCUT2D eigenvalue weighted by Gasteiger charge is 2.24. The molecule has 0 bridgehead atoms. The summed E-state index contributed by atoms with van der Waals surface area (Å²) in [4.78, 5) is 41.0. The molecule has 0 fully saturated rings. The zero-order valence-corrected chi connectivity index (χ0v) is 14.6. The lowest BCUT2D eigenvalue weighted by Gasteiger charge is -2.07. The maximum absolute atomic E-state index is 12.9. The predicted octanol–water partition coefficient (Wildman–Crippen LogP) is 2.25. The van der Waals surface area contributed by atoms with E-state index in [-0.39, 0.29) is 35.6 Å². The Labute approximate surface area is 152 Å². The number of anilines is 1. The van der Waals surface area contributed by atoms with Gasteiger partial charge in [0, 0.05) is 5.69 Å². The molecule has 0 aliphatic carbocycles. The largest absolute Gasteiger partial charge is 0.462 e. The van der Waals surface area contributed by atoms with Crippen LogP contribution in [0.3, 0.4) is 0 Å². The van der Waals surface area contributed by atoms with Gasteiger partial charge in [-0.2, -0.15) is 0 Å². The van der Waals surface area contributed by atoms with E-state index in [0.29, 0.717) is 5.69 Å². The number of hydrogen-bond acceptors (Lipinski definition) is 6. The van der Waals surface area contributed by atoms with Crippen molar-refractivity contribution in [2.45, 2.75) is 20.4 Å². The minimum Gasteiger partial charge on any atom is -0.462 e. The highest BCUT2D eigenvalue weighted by Crippen LogP contribution is 2.21. The summed E-state index contributed by atoms with van der Waals surface area (Å²) in [7, 11) is 0. The molecule has 3 aromatic rings. The van der Waals surface area contributed by atoms with Gasteiger partial charge >= 0.3 is 5.97 Å².